The number of amides is 3. The van der Waals surface area contributed by atoms with Gasteiger partial charge >= 0.3 is 12.1 Å². The molecular weight excluding hydrogens is 1140 g/mol. The molecule has 24 heteroatoms. The molecule has 1 aromatic heterocycles. The van der Waals surface area contributed by atoms with Gasteiger partial charge in [0.15, 0.2) is 5.78 Å². The number of anilines is 1. The van der Waals surface area contributed by atoms with Crippen LogP contribution < -0.4 is 16.0 Å². The van der Waals surface area contributed by atoms with Crippen molar-refractivity contribution in [2.24, 2.45) is 35.3 Å². The molecule has 1 aromatic rings. The summed E-state index contributed by atoms with van der Waals surface area (Å²) in [5, 5.41) is 37.3. The minimum Gasteiger partial charge on any atom is -0.459 e. The van der Waals surface area contributed by atoms with Crippen LogP contribution in [0.3, 0.4) is 0 Å². The summed E-state index contributed by atoms with van der Waals surface area (Å²) in [5.74, 6) is -9.14. The predicted octanol–water partition coefficient (Wildman–Crippen LogP) is 4.37. The average molecular weight is 1240 g/mol. The number of hydrogen-bond donors (Lipinski definition) is 5. The lowest BCUT2D eigenvalue weighted by atomic mass is 9.80. The second kappa shape index (κ2) is 34.4. The van der Waals surface area contributed by atoms with Crippen molar-refractivity contribution in [1.29, 1.82) is 0 Å². The molecule has 0 unspecified atom stereocenters. The van der Waals surface area contributed by atoms with Gasteiger partial charge in [0.05, 0.1) is 43.7 Å². The Morgan fingerprint density at radius 2 is 1.55 bits per heavy atom. The second-order valence-corrected chi connectivity index (χ2v) is 24.5. The molecule has 2 bridgehead atoms. The number of fused-ring (bicyclic) bond motifs is 3. The topological polar surface area (TPSA) is 318 Å². The van der Waals surface area contributed by atoms with E-state index in [1.807, 2.05) is 49.1 Å². The third-order valence-electron chi connectivity index (χ3n) is 17.9. The summed E-state index contributed by atoms with van der Waals surface area (Å²) in [4.78, 5) is 111. The number of nitrogens with two attached hydrogens (primary N) is 1. The molecule has 0 spiro atoms. The first-order valence-electron chi connectivity index (χ1n) is 31.3. The van der Waals surface area contributed by atoms with Crippen LogP contribution in [0.2, 0.25) is 0 Å². The first-order valence-corrected chi connectivity index (χ1v) is 31.3. The number of esters is 1. The quantitative estimate of drug-likeness (QED) is 0.0747. The van der Waals surface area contributed by atoms with Crippen molar-refractivity contribution in [3.63, 3.8) is 0 Å². The number of ketones is 3. The molecule has 88 heavy (non-hydrogen) atoms. The van der Waals surface area contributed by atoms with Gasteiger partial charge in [0.2, 0.25) is 11.7 Å². The van der Waals surface area contributed by atoms with Gasteiger partial charge in [-0.15, -0.1) is 0 Å². The summed E-state index contributed by atoms with van der Waals surface area (Å²) in [5.41, 5.74) is 8.33. The fourth-order valence-corrected chi connectivity index (χ4v) is 12.3. The fourth-order valence-electron chi connectivity index (χ4n) is 12.3. The van der Waals surface area contributed by atoms with Crippen molar-refractivity contribution in [3.8, 4) is 0 Å². The third-order valence-corrected chi connectivity index (χ3v) is 17.9. The lowest BCUT2D eigenvalue weighted by Crippen LogP contribution is -2.61. The molecule has 490 valence electrons. The van der Waals surface area contributed by atoms with Crippen LogP contribution in [0.25, 0.3) is 0 Å². The van der Waals surface area contributed by atoms with E-state index in [0.717, 1.165) is 10.5 Å². The molecule has 6 N–H and O–H groups in total. The second-order valence-electron chi connectivity index (χ2n) is 24.5. The summed E-state index contributed by atoms with van der Waals surface area (Å²) >= 11 is 0. The van der Waals surface area contributed by atoms with Crippen molar-refractivity contribution < 1.29 is 82.0 Å². The third kappa shape index (κ3) is 19.6. The van der Waals surface area contributed by atoms with E-state index in [4.69, 9.17) is 38.9 Å². The van der Waals surface area contributed by atoms with Crippen molar-refractivity contribution in [2.75, 3.05) is 85.3 Å². The predicted molar refractivity (Wildman–Crippen MR) is 324 cm³/mol. The number of carbonyl (C=O) groups excluding carboxylic acids is 7. The summed E-state index contributed by atoms with van der Waals surface area (Å²) in [6.07, 6.45) is 10.0. The van der Waals surface area contributed by atoms with Crippen LogP contribution in [0.4, 0.5) is 10.7 Å². The van der Waals surface area contributed by atoms with Gasteiger partial charge in [0, 0.05) is 110 Å². The highest BCUT2D eigenvalue weighted by atomic mass is 16.6. The average Bonchev–Trinajstić information content (AvgIpc) is 2.07. The number of carbonyl (C=O) groups is 7. The Labute approximate surface area is 517 Å². The molecule has 15 atom stereocenters. The molecule has 4 aliphatic heterocycles. The summed E-state index contributed by atoms with van der Waals surface area (Å²) in [6.45, 7) is 13.3. The zero-order chi connectivity index (χ0) is 64.2. The molecule has 0 radical (unpaired) electrons. The molecule has 5 heterocycles. The Bertz CT molecular complexity index is 2630. The molecule has 3 saturated heterocycles. The maximum Gasteiger partial charge on any atom is 0.410 e. The Hall–Kier alpha value is -5.83. The van der Waals surface area contributed by atoms with Crippen LogP contribution in [0.15, 0.2) is 60.0 Å². The van der Waals surface area contributed by atoms with Gasteiger partial charge < -0.3 is 74.2 Å². The van der Waals surface area contributed by atoms with Crippen LogP contribution in [0.5, 0.6) is 0 Å². The lowest BCUT2D eigenvalue weighted by molar-refractivity contribution is -0.265. The number of cyclic esters (lactones) is 1. The van der Waals surface area contributed by atoms with Crippen LogP contribution in [0, 0.1) is 29.6 Å². The monoisotopic (exact) mass is 1240 g/mol. The van der Waals surface area contributed by atoms with Gasteiger partial charge in [-0.25, -0.2) is 19.6 Å². The van der Waals surface area contributed by atoms with Crippen LogP contribution in [-0.4, -0.2) is 217 Å². The number of hydrogen-bond acceptors (Lipinski definition) is 21. The molecule has 1 saturated carbocycles. The van der Waals surface area contributed by atoms with Crippen molar-refractivity contribution >= 4 is 47.2 Å². The van der Waals surface area contributed by atoms with Gasteiger partial charge in [-0.3, -0.25) is 24.0 Å². The molecule has 1 aliphatic carbocycles. The maximum atomic E-state index is 14.6. The number of nitrogens with one attached hydrogen (secondary N) is 1. The minimum atomic E-state index is -2.50. The molecule has 6 rings (SSSR count). The number of methoxy groups -OCH3 is 3. The van der Waals surface area contributed by atoms with E-state index >= 15 is 0 Å². The molecule has 24 nitrogen and oxygen atoms in total. The highest BCUT2D eigenvalue weighted by Crippen LogP contribution is 2.38. The summed E-state index contributed by atoms with van der Waals surface area (Å²) < 4.78 is 40.6. The van der Waals surface area contributed by atoms with E-state index in [9.17, 15) is 48.9 Å². The van der Waals surface area contributed by atoms with E-state index in [0.29, 0.717) is 115 Å². The van der Waals surface area contributed by atoms with E-state index in [-0.39, 0.29) is 49.1 Å². The van der Waals surface area contributed by atoms with E-state index < -0.39 is 120 Å². The van der Waals surface area contributed by atoms with Gasteiger partial charge in [-0.05, 0) is 101 Å². The number of ether oxygens (including phenoxy) is 7. The smallest absolute Gasteiger partial charge is 0.410 e. The largest absolute Gasteiger partial charge is 0.459 e. The first-order chi connectivity index (χ1) is 42.0. The Morgan fingerprint density at radius 3 is 2.24 bits per heavy atom. The number of allylic oxidation sites excluding steroid dienone is 6. The Morgan fingerprint density at radius 1 is 0.818 bits per heavy atom. The molecule has 4 fully saturated rings. The van der Waals surface area contributed by atoms with E-state index in [1.165, 1.54) is 32.5 Å². The highest BCUT2D eigenvalue weighted by molar-refractivity contribution is 6.39. The number of aromatic nitrogens is 2. The first kappa shape index (κ1) is 71.2. The zero-order valence-corrected chi connectivity index (χ0v) is 52.9. The number of aliphatic hydroxyl groups is 3. The molecule has 0 aromatic carbocycles. The van der Waals surface area contributed by atoms with Gasteiger partial charge in [0.25, 0.3) is 17.6 Å². The van der Waals surface area contributed by atoms with Crippen LogP contribution >= 0.6 is 0 Å². The molecular formula is C64H97N7O17. The van der Waals surface area contributed by atoms with Crippen molar-refractivity contribution in [1.82, 2.24) is 25.1 Å². The van der Waals surface area contributed by atoms with Crippen molar-refractivity contribution in [2.45, 2.75) is 179 Å². The van der Waals surface area contributed by atoms with Crippen LogP contribution in [-0.2, 0) is 57.1 Å². The summed E-state index contributed by atoms with van der Waals surface area (Å²) in [7, 11) is 4.66. The van der Waals surface area contributed by atoms with Crippen molar-refractivity contribution in [3.05, 3.63) is 65.6 Å². The van der Waals surface area contributed by atoms with Gasteiger partial charge in [-0.1, -0.05) is 64.2 Å². The maximum absolute atomic E-state index is 14.6. The number of aliphatic hydroxyl groups excluding tert-OH is 2. The fraction of sp³-hybridized carbons (Fsp3) is 0.703. The zero-order valence-electron chi connectivity index (χ0n) is 52.9. The lowest BCUT2D eigenvalue weighted by Gasteiger charge is -2.42. The Balaban J connectivity index is 1.15. The number of piperazine rings is 1. The molecule has 3 amide bonds. The number of nitrogens with zero attached hydrogens (tertiary/aromatic N) is 5. The standard InChI is InChI=1S/C64H97N7O17/c1-39-15-11-10-12-16-40(2)52(83-8)35-47-20-18-44(6)64(81,88-47)58(76)60(78)71-23-14-13-17-49(71)61(79)86-53(36-50(72)41(3)32-43(5)56(74)57(75)55(73)42(4)31-39)48(65)33-45-19-21-51(54(34-45)84-9)87-63(80)70-26-24-69(25-27-70)62-67-37-46(38-68-62)59(77)66-22-28-85-30-29-82-7/h10-12,15-16,32,37-39,41-42,44-45,47-49,51-54,56-57,74-75,81H,13-14,17-31,33-36,65H2,1-9H3,(H,66,77)/b12-10+,15-11+,40-16+,43-32+/t39-,41-,42-,44-,45+,47+,48-,49+,51-,52+,53+,54-,56-,57+,64-/m1/s1. The van der Waals surface area contributed by atoms with E-state index in [2.05, 4.69) is 15.3 Å². The number of piperidine rings is 1. The minimum absolute atomic E-state index is 0.00431. The highest BCUT2D eigenvalue weighted by Gasteiger charge is 2.53. The SMILES string of the molecule is COCCOCCNC(=O)c1cnc(N2CCN(C(=O)O[C@@H]3CC[C@@H](C[C@@H](N)[C@@H]4CC(=O)[C@H](C)/C=C(\C)[C@@H](O)[C@@H](O)C(=O)[C@H](C)C[C@H](C)/C=C/C=C/C=C(\C)[C@@H](OC)C[C@@H]5CC[C@@H](C)[C@@](O)(O5)C(=O)C(=O)N5CCCC[C@H]5C(=O)O4)C[C@H]3OC)CC2)nc1. The normalized spacial score (nSPS) is 33.9. The Kier molecular flexibility index (Phi) is 27.8. The van der Waals surface area contributed by atoms with Gasteiger partial charge in [0.1, 0.15) is 36.2 Å². The van der Waals surface area contributed by atoms with E-state index in [1.54, 1.807) is 39.9 Å². The number of Topliss-reactive ketones (excluding diaryl/α,β-unsaturated/α-hetero) is 3. The van der Waals surface area contributed by atoms with Gasteiger partial charge in [-0.2, -0.15) is 0 Å². The molecule has 5 aliphatic rings. The summed E-state index contributed by atoms with van der Waals surface area (Å²) in [6, 6.07) is -2.23. The number of rotatable bonds is 14. The van der Waals surface area contributed by atoms with Crippen LogP contribution in [0.1, 0.15) is 129 Å².